The van der Waals surface area contributed by atoms with Crippen LogP contribution in [0.2, 0.25) is 5.02 Å². The van der Waals surface area contributed by atoms with Crippen molar-refractivity contribution < 1.29 is 9.90 Å². The van der Waals surface area contributed by atoms with Gasteiger partial charge in [-0.1, -0.05) is 43.6 Å². The van der Waals surface area contributed by atoms with E-state index in [1.165, 1.54) is 0 Å². The number of rotatable bonds is 7. The van der Waals surface area contributed by atoms with Crippen molar-refractivity contribution in [1.29, 1.82) is 0 Å². The molecule has 1 aromatic rings. The lowest BCUT2D eigenvalue weighted by Crippen LogP contribution is -2.35. The lowest BCUT2D eigenvalue weighted by molar-refractivity contribution is -0.121. The van der Waals surface area contributed by atoms with E-state index >= 15 is 0 Å². The number of amides is 1. The van der Waals surface area contributed by atoms with Gasteiger partial charge in [-0.15, -0.1) is 0 Å². The zero-order valence-electron chi connectivity index (χ0n) is 12.4. The second-order valence-electron chi connectivity index (χ2n) is 6.09. The molecule has 112 valence electrons. The number of aliphatic hydroxyl groups excluding tert-OH is 1. The van der Waals surface area contributed by atoms with Crippen LogP contribution in [-0.4, -0.2) is 23.7 Å². The van der Waals surface area contributed by atoms with Gasteiger partial charge >= 0.3 is 0 Å². The van der Waals surface area contributed by atoms with Crippen LogP contribution in [0.1, 0.15) is 39.2 Å². The van der Waals surface area contributed by atoms with Gasteiger partial charge in [-0.2, -0.15) is 0 Å². The maximum Gasteiger partial charge on any atom is 0.220 e. The molecule has 0 aliphatic carbocycles. The summed E-state index contributed by atoms with van der Waals surface area (Å²) in [5.74, 6) is 0.0172. The van der Waals surface area contributed by atoms with Crippen molar-refractivity contribution in [3.05, 3.63) is 34.9 Å². The third-order valence-corrected chi connectivity index (χ3v) is 3.56. The summed E-state index contributed by atoms with van der Waals surface area (Å²) < 4.78 is 0. The number of nitrogens with one attached hydrogen (secondary N) is 1. The summed E-state index contributed by atoms with van der Waals surface area (Å²) >= 11 is 6.06. The molecule has 0 radical (unpaired) electrons. The summed E-state index contributed by atoms with van der Waals surface area (Å²) in [6, 6.07) is 7.57. The van der Waals surface area contributed by atoms with Gasteiger partial charge in [0.15, 0.2) is 0 Å². The minimum atomic E-state index is -0.356. The quantitative estimate of drug-likeness (QED) is 0.812. The fraction of sp³-hybridized carbons (Fsp3) is 0.562. The monoisotopic (exact) mass is 297 g/mol. The Bertz CT molecular complexity index is 444. The highest BCUT2D eigenvalue weighted by molar-refractivity contribution is 6.31. The third-order valence-electron chi connectivity index (χ3n) is 3.19. The van der Waals surface area contributed by atoms with Crippen molar-refractivity contribution in [2.75, 3.05) is 6.54 Å². The Kier molecular flexibility index (Phi) is 6.50. The van der Waals surface area contributed by atoms with E-state index in [0.29, 0.717) is 30.8 Å². The van der Waals surface area contributed by atoms with Crippen LogP contribution >= 0.6 is 11.6 Å². The molecule has 0 saturated carbocycles. The van der Waals surface area contributed by atoms with E-state index in [-0.39, 0.29) is 17.4 Å². The van der Waals surface area contributed by atoms with Gasteiger partial charge in [0.05, 0.1) is 6.10 Å². The van der Waals surface area contributed by atoms with E-state index in [2.05, 4.69) is 5.32 Å². The highest BCUT2D eigenvalue weighted by Crippen LogP contribution is 2.21. The first-order chi connectivity index (χ1) is 9.30. The number of hydrogen-bond acceptors (Lipinski definition) is 2. The van der Waals surface area contributed by atoms with Gasteiger partial charge in [-0.05, 0) is 36.8 Å². The molecule has 3 nitrogen and oxygen atoms in total. The molecule has 0 fully saturated rings. The number of halogens is 1. The predicted molar refractivity (Wildman–Crippen MR) is 82.9 cm³/mol. The molecule has 4 heteroatoms. The van der Waals surface area contributed by atoms with Gasteiger partial charge in [-0.25, -0.2) is 0 Å². The second-order valence-corrected chi connectivity index (χ2v) is 6.49. The number of carbonyl (C=O) groups is 1. The molecule has 0 spiro atoms. The largest absolute Gasteiger partial charge is 0.393 e. The topological polar surface area (TPSA) is 49.3 Å². The van der Waals surface area contributed by atoms with Crippen molar-refractivity contribution in [2.45, 2.75) is 46.1 Å². The van der Waals surface area contributed by atoms with E-state index in [1.807, 2.05) is 38.1 Å². The van der Waals surface area contributed by atoms with Crippen LogP contribution in [-0.2, 0) is 11.2 Å². The molecule has 2 N–H and O–H groups in total. The Morgan fingerprint density at radius 1 is 1.40 bits per heavy atom. The van der Waals surface area contributed by atoms with Crippen LogP contribution in [0.25, 0.3) is 0 Å². The molecular weight excluding hydrogens is 274 g/mol. The van der Waals surface area contributed by atoms with E-state index in [9.17, 15) is 9.90 Å². The Balaban J connectivity index is 2.36. The Labute approximate surface area is 126 Å². The van der Waals surface area contributed by atoms with Crippen LogP contribution < -0.4 is 5.32 Å². The number of hydrogen-bond donors (Lipinski definition) is 2. The molecule has 0 aliphatic rings. The summed E-state index contributed by atoms with van der Waals surface area (Å²) in [5, 5.41) is 13.0. The molecule has 1 unspecified atom stereocenters. The normalized spacial score (nSPS) is 13.1. The molecule has 20 heavy (non-hydrogen) atoms. The standard InChI is InChI=1S/C16H24ClNO2/c1-12(19)10-16(2,3)11-18-15(20)9-8-13-6-4-5-7-14(13)17/h4-7,12,19H,8-11H2,1-3H3,(H,18,20). The molecule has 1 amide bonds. The van der Waals surface area contributed by atoms with Crippen LogP contribution in [0.5, 0.6) is 0 Å². The molecule has 1 rings (SSSR count). The average Bonchev–Trinajstić information content (AvgIpc) is 2.34. The Morgan fingerprint density at radius 2 is 2.05 bits per heavy atom. The molecule has 0 saturated heterocycles. The van der Waals surface area contributed by atoms with Gasteiger partial charge in [0.1, 0.15) is 0 Å². The first kappa shape index (κ1) is 17.0. The first-order valence-corrected chi connectivity index (χ1v) is 7.36. The zero-order chi connectivity index (χ0) is 15.2. The van der Waals surface area contributed by atoms with Crippen molar-refractivity contribution >= 4 is 17.5 Å². The average molecular weight is 298 g/mol. The highest BCUT2D eigenvalue weighted by Gasteiger charge is 2.20. The SMILES string of the molecule is CC(O)CC(C)(C)CNC(=O)CCc1ccccc1Cl. The maximum atomic E-state index is 11.8. The minimum Gasteiger partial charge on any atom is -0.393 e. The van der Waals surface area contributed by atoms with Gasteiger partial charge in [-0.3, -0.25) is 4.79 Å². The summed E-state index contributed by atoms with van der Waals surface area (Å²) in [6.07, 6.45) is 1.37. The molecule has 1 aromatic carbocycles. The van der Waals surface area contributed by atoms with Crippen molar-refractivity contribution in [2.24, 2.45) is 5.41 Å². The first-order valence-electron chi connectivity index (χ1n) is 6.98. The number of benzene rings is 1. The molecule has 1 atom stereocenters. The molecule has 0 heterocycles. The second kappa shape index (κ2) is 7.65. The Hall–Kier alpha value is -1.06. The van der Waals surface area contributed by atoms with Crippen molar-refractivity contribution in [3.8, 4) is 0 Å². The molecular formula is C16H24ClNO2. The number of aryl methyl sites for hydroxylation is 1. The summed E-state index contributed by atoms with van der Waals surface area (Å²) in [6.45, 7) is 6.41. The minimum absolute atomic E-state index is 0.0172. The van der Waals surface area contributed by atoms with Crippen LogP contribution in [0, 0.1) is 5.41 Å². The Morgan fingerprint density at radius 3 is 2.65 bits per heavy atom. The van der Waals surface area contributed by atoms with Crippen LogP contribution in [0.15, 0.2) is 24.3 Å². The van der Waals surface area contributed by atoms with Gasteiger partial charge in [0, 0.05) is 18.0 Å². The van der Waals surface area contributed by atoms with Crippen LogP contribution in [0.4, 0.5) is 0 Å². The van der Waals surface area contributed by atoms with Crippen LogP contribution in [0.3, 0.4) is 0 Å². The maximum absolute atomic E-state index is 11.8. The molecule has 0 bridgehead atoms. The zero-order valence-corrected chi connectivity index (χ0v) is 13.2. The van der Waals surface area contributed by atoms with Gasteiger partial charge in [0.2, 0.25) is 5.91 Å². The third kappa shape index (κ3) is 6.40. The fourth-order valence-electron chi connectivity index (χ4n) is 2.25. The molecule has 0 aliphatic heterocycles. The summed E-state index contributed by atoms with van der Waals surface area (Å²) in [7, 11) is 0. The lowest BCUT2D eigenvalue weighted by atomic mass is 9.87. The lowest BCUT2D eigenvalue weighted by Gasteiger charge is -2.26. The van der Waals surface area contributed by atoms with Gasteiger partial charge in [0.25, 0.3) is 0 Å². The van der Waals surface area contributed by atoms with E-state index in [1.54, 1.807) is 6.92 Å². The van der Waals surface area contributed by atoms with E-state index < -0.39 is 0 Å². The predicted octanol–water partition coefficient (Wildman–Crippen LogP) is 3.19. The van der Waals surface area contributed by atoms with E-state index in [0.717, 1.165) is 5.56 Å². The number of carbonyl (C=O) groups excluding carboxylic acids is 1. The highest BCUT2D eigenvalue weighted by atomic mass is 35.5. The fourth-order valence-corrected chi connectivity index (χ4v) is 2.48. The molecule has 0 aromatic heterocycles. The summed E-state index contributed by atoms with van der Waals surface area (Å²) in [4.78, 5) is 11.8. The number of aliphatic hydroxyl groups is 1. The van der Waals surface area contributed by atoms with Gasteiger partial charge < -0.3 is 10.4 Å². The van der Waals surface area contributed by atoms with Crippen molar-refractivity contribution in [1.82, 2.24) is 5.32 Å². The van der Waals surface area contributed by atoms with Crippen molar-refractivity contribution in [3.63, 3.8) is 0 Å². The van der Waals surface area contributed by atoms with E-state index in [4.69, 9.17) is 11.6 Å². The summed E-state index contributed by atoms with van der Waals surface area (Å²) in [5.41, 5.74) is 0.890. The smallest absolute Gasteiger partial charge is 0.220 e.